The molecule has 0 fully saturated rings. The molecule has 19 heavy (non-hydrogen) atoms. The third-order valence-corrected chi connectivity index (χ3v) is 2.82. The van der Waals surface area contributed by atoms with Gasteiger partial charge in [-0.15, -0.1) is 0 Å². The summed E-state index contributed by atoms with van der Waals surface area (Å²) in [7, 11) is 1.71. The zero-order valence-electron chi connectivity index (χ0n) is 11.6. The minimum atomic E-state index is -0.333. The lowest BCUT2D eigenvalue weighted by Crippen LogP contribution is -2.31. The van der Waals surface area contributed by atoms with E-state index in [2.05, 4.69) is 0 Å². The number of hydrogen-bond acceptors (Lipinski definition) is 3. The fraction of sp³-hybridized carbons (Fsp3) is 0.500. The van der Waals surface area contributed by atoms with Crippen molar-refractivity contribution in [3.8, 4) is 5.75 Å². The van der Waals surface area contributed by atoms with Crippen molar-refractivity contribution in [2.24, 2.45) is 5.73 Å². The van der Waals surface area contributed by atoms with E-state index < -0.39 is 0 Å². The Labute approximate surface area is 113 Å². The molecule has 0 aliphatic heterocycles. The third-order valence-electron chi connectivity index (χ3n) is 2.82. The van der Waals surface area contributed by atoms with Crippen molar-refractivity contribution in [1.82, 2.24) is 4.90 Å². The van der Waals surface area contributed by atoms with Gasteiger partial charge in [0.05, 0.1) is 0 Å². The number of halogens is 1. The van der Waals surface area contributed by atoms with E-state index in [-0.39, 0.29) is 24.4 Å². The normalized spacial score (nSPS) is 12.1. The summed E-state index contributed by atoms with van der Waals surface area (Å²) in [4.78, 5) is 13.2. The van der Waals surface area contributed by atoms with Crippen LogP contribution in [0.1, 0.15) is 19.4 Å². The highest BCUT2D eigenvalue weighted by molar-refractivity contribution is 5.77. The summed E-state index contributed by atoms with van der Waals surface area (Å²) in [5.41, 5.74) is 6.40. The lowest BCUT2D eigenvalue weighted by atomic mass is 10.1. The van der Waals surface area contributed by atoms with Crippen molar-refractivity contribution in [2.75, 3.05) is 20.2 Å². The fourth-order valence-electron chi connectivity index (χ4n) is 1.62. The third kappa shape index (κ3) is 4.87. The van der Waals surface area contributed by atoms with E-state index in [4.69, 9.17) is 10.5 Å². The van der Waals surface area contributed by atoms with E-state index in [9.17, 15) is 9.18 Å². The summed E-state index contributed by atoms with van der Waals surface area (Å²) in [5.74, 6) is 0.0649. The van der Waals surface area contributed by atoms with Crippen LogP contribution in [-0.2, 0) is 11.2 Å². The molecular weight excluding hydrogens is 247 g/mol. The average molecular weight is 268 g/mol. The maximum atomic E-state index is 13.2. The molecule has 2 N–H and O–H groups in total. The van der Waals surface area contributed by atoms with Crippen LogP contribution >= 0.6 is 0 Å². The van der Waals surface area contributed by atoms with E-state index in [0.717, 1.165) is 0 Å². The monoisotopic (exact) mass is 268 g/mol. The molecule has 0 saturated heterocycles. The Balaban J connectivity index is 2.74. The molecule has 0 aromatic heterocycles. The van der Waals surface area contributed by atoms with Crippen LogP contribution < -0.4 is 10.5 Å². The van der Waals surface area contributed by atoms with Crippen molar-refractivity contribution in [2.45, 2.75) is 26.3 Å². The van der Waals surface area contributed by atoms with Crippen molar-refractivity contribution >= 4 is 5.91 Å². The molecule has 0 aliphatic carbocycles. The zero-order valence-corrected chi connectivity index (χ0v) is 11.6. The molecule has 0 saturated carbocycles. The van der Waals surface area contributed by atoms with Gasteiger partial charge >= 0.3 is 0 Å². The van der Waals surface area contributed by atoms with Crippen molar-refractivity contribution in [3.63, 3.8) is 0 Å². The molecule has 1 rings (SSSR count). The minimum absolute atomic E-state index is 0.0536. The summed E-state index contributed by atoms with van der Waals surface area (Å²) < 4.78 is 18.7. The molecule has 5 heteroatoms. The number of benzene rings is 1. The Hall–Kier alpha value is -1.62. The Morgan fingerprint density at radius 2 is 2.21 bits per heavy atom. The first-order chi connectivity index (χ1) is 8.93. The van der Waals surface area contributed by atoms with Gasteiger partial charge in [0, 0.05) is 19.6 Å². The highest BCUT2D eigenvalue weighted by atomic mass is 19.1. The summed E-state index contributed by atoms with van der Waals surface area (Å²) >= 11 is 0. The molecule has 1 amide bonds. The van der Waals surface area contributed by atoms with Gasteiger partial charge in [-0.1, -0.05) is 0 Å². The first-order valence-corrected chi connectivity index (χ1v) is 6.34. The SMILES string of the molecule is CCN(C)C(=O)COc1ccc(F)cc1CC(C)N. The van der Waals surface area contributed by atoms with E-state index in [1.165, 1.54) is 18.2 Å². The number of amides is 1. The molecule has 106 valence electrons. The number of hydrogen-bond donors (Lipinski definition) is 1. The van der Waals surface area contributed by atoms with Crippen LogP contribution in [-0.4, -0.2) is 37.0 Å². The van der Waals surface area contributed by atoms with Crippen LogP contribution in [0.3, 0.4) is 0 Å². The standard InChI is InChI=1S/C14H21FN2O2/c1-4-17(3)14(18)9-19-13-6-5-12(15)8-11(13)7-10(2)16/h5-6,8,10H,4,7,9,16H2,1-3H3. The van der Waals surface area contributed by atoms with Gasteiger partial charge in [-0.3, -0.25) is 4.79 Å². The van der Waals surface area contributed by atoms with E-state index in [0.29, 0.717) is 24.3 Å². The molecule has 1 aromatic carbocycles. The lowest BCUT2D eigenvalue weighted by Gasteiger charge is -2.17. The fourth-order valence-corrected chi connectivity index (χ4v) is 1.62. The molecular formula is C14H21FN2O2. The van der Waals surface area contributed by atoms with E-state index >= 15 is 0 Å². The van der Waals surface area contributed by atoms with Gasteiger partial charge < -0.3 is 15.4 Å². The molecule has 1 atom stereocenters. The number of nitrogens with two attached hydrogens (primary N) is 1. The maximum Gasteiger partial charge on any atom is 0.260 e. The minimum Gasteiger partial charge on any atom is -0.483 e. The molecule has 0 heterocycles. The van der Waals surface area contributed by atoms with E-state index in [1.54, 1.807) is 11.9 Å². The van der Waals surface area contributed by atoms with Crippen molar-refractivity contribution in [1.29, 1.82) is 0 Å². The van der Waals surface area contributed by atoms with Crippen LogP contribution in [0.25, 0.3) is 0 Å². The predicted molar refractivity (Wildman–Crippen MR) is 72.6 cm³/mol. The molecule has 0 spiro atoms. The molecule has 0 bridgehead atoms. The van der Waals surface area contributed by atoms with Crippen LogP contribution in [0.4, 0.5) is 4.39 Å². The first kappa shape index (κ1) is 15.4. The quantitative estimate of drug-likeness (QED) is 0.852. The maximum absolute atomic E-state index is 13.2. The van der Waals surface area contributed by atoms with Crippen LogP contribution in [0.2, 0.25) is 0 Å². The van der Waals surface area contributed by atoms with Gasteiger partial charge in [-0.2, -0.15) is 0 Å². The molecule has 0 radical (unpaired) electrons. The largest absolute Gasteiger partial charge is 0.483 e. The number of rotatable bonds is 6. The first-order valence-electron chi connectivity index (χ1n) is 6.34. The highest BCUT2D eigenvalue weighted by Gasteiger charge is 2.11. The van der Waals surface area contributed by atoms with Crippen molar-refractivity contribution in [3.05, 3.63) is 29.6 Å². The molecule has 1 aromatic rings. The topological polar surface area (TPSA) is 55.6 Å². The number of carbonyl (C=O) groups excluding carboxylic acids is 1. The van der Waals surface area contributed by atoms with Crippen molar-refractivity contribution < 1.29 is 13.9 Å². The number of likely N-dealkylation sites (N-methyl/N-ethyl adjacent to an activating group) is 1. The van der Waals surface area contributed by atoms with Gasteiger partial charge in [0.15, 0.2) is 6.61 Å². The molecule has 1 unspecified atom stereocenters. The summed E-state index contributed by atoms with van der Waals surface area (Å²) in [6.45, 7) is 4.29. The molecule has 4 nitrogen and oxygen atoms in total. The highest BCUT2D eigenvalue weighted by Crippen LogP contribution is 2.21. The number of ether oxygens (including phenoxy) is 1. The second kappa shape index (κ2) is 7.09. The summed E-state index contributed by atoms with van der Waals surface area (Å²) in [5, 5.41) is 0. The van der Waals surface area contributed by atoms with Gasteiger partial charge in [0.2, 0.25) is 0 Å². The van der Waals surface area contributed by atoms with E-state index in [1.807, 2.05) is 13.8 Å². The Morgan fingerprint density at radius 1 is 1.53 bits per heavy atom. The lowest BCUT2D eigenvalue weighted by molar-refractivity contribution is -0.131. The number of carbonyl (C=O) groups is 1. The van der Waals surface area contributed by atoms with Gasteiger partial charge in [0.25, 0.3) is 5.91 Å². The zero-order chi connectivity index (χ0) is 14.4. The molecule has 0 aliphatic rings. The smallest absolute Gasteiger partial charge is 0.260 e. The second-order valence-electron chi connectivity index (χ2n) is 4.63. The Morgan fingerprint density at radius 3 is 2.79 bits per heavy atom. The summed E-state index contributed by atoms with van der Waals surface area (Å²) in [6, 6.07) is 4.14. The number of nitrogens with zero attached hydrogens (tertiary/aromatic N) is 1. The van der Waals surface area contributed by atoms with Gasteiger partial charge in [-0.25, -0.2) is 4.39 Å². The second-order valence-corrected chi connectivity index (χ2v) is 4.63. The Bertz CT molecular complexity index is 435. The van der Waals surface area contributed by atoms with Gasteiger partial charge in [0.1, 0.15) is 11.6 Å². The summed E-state index contributed by atoms with van der Waals surface area (Å²) in [6.07, 6.45) is 0.505. The van der Waals surface area contributed by atoms with Crippen LogP contribution in [0, 0.1) is 5.82 Å². The predicted octanol–water partition coefficient (Wildman–Crippen LogP) is 1.57. The Kier molecular flexibility index (Phi) is 5.76. The average Bonchev–Trinajstić information content (AvgIpc) is 2.35. The van der Waals surface area contributed by atoms with Gasteiger partial charge in [-0.05, 0) is 44.0 Å². The van der Waals surface area contributed by atoms with Crippen LogP contribution in [0.15, 0.2) is 18.2 Å². The van der Waals surface area contributed by atoms with Crippen LogP contribution in [0.5, 0.6) is 5.75 Å².